The predicted molar refractivity (Wildman–Crippen MR) is 66.2 cm³/mol. The van der Waals surface area contributed by atoms with Gasteiger partial charge in [-0.2, -0.15) is 8.75 Å². The SMILES string of the molecule is CCSc1ccc(-c2nsnc2N)cc1. The molecule has 5 heteroatoms. The number of nitrogens with two attached hydrogens (primary N) is 1. The van der Waals surface area contributed by atoms with E-state index in [2.05, 4.69) is 27.8 Å². The molecule has 2 aromatic rings. The third kappa shape index (κ3) is 2.30. The van der Waals surface area contributed by atoms with E-state index in [4.69, 9.17) is 5.73 Å². The van der Waals surface area contributed by atoms with Crippen LogP contribution >= 0.6 is 23.5 Å². The molecular formula is C10H11N3S2. The number of thioether (sulfide) groups is 1. The van der Waals surface area contributed by atoms with Crippen LogP contribution in [0.3, 0.4) is 0 Å². The molecule has 0 aliphatic rings. The van der Waals surface area contributed by atoms with Crippen LogP contribution in [-0.4, -0.2) is 14.5 Å². The highest BCUT2D eigenvalue weighted by Gasteiger charge is 2.06. The molecule has 0 bridgehead atoms. The van der Waals surface area contributed by atoms with Crippen LogP contribution < -0.4 is 5.73 Å². The molecule has 0 aliphatic carbocycles. The van der Waals surface area contributed by atoms with E-state index in [1.165, 1.54) is 4.90 Å². The average Bonchev–Trinajstić information content (AvgIpc) is 2.66. The second-order valence-corrected chi connectivity index (χ2v) is 4.82. The molecule has 1 aromatic heterocycles. The average molecular weight is 237 g/mol. The molecule has 1 heterocycles. The van der Waals surface area contributed by atoms with Crippen molar-refractivity contribution in [2.45, 2.75) is 11.8 Å². The van der Waals surface area contributed by atoms with Gasteiger partial charge >= 0.3 is 0 Å². The van der Waals surface area contributed by atoms with Crippen LogP contribution in [0.25, 0.3) is 11.3 Å². The zero-order valence-corrected chi connectivity index (χ0v) is 9.94. The highest BCUT2D eigenvalue weighted by atomic mass is 32.2. The summed E-state index contributed by atoms with van der Waals surface area (Å²) >= 11 is 2.97. The first-order valence-corrected chi connectivity index (χ1v) is 6.34. The molecule has 1 aromatic carbocycles. The second kappa shape index (κ2) is 4.63. The van der Waals surface area contributed by atoms with Crippen molar-refractivity contribution in [3.8, 4) is 11.3 Å². The molecule has 2 N–H and O–H groups in total. The van der Waals surface area contributed by atoms with Gasteiger partial charge in [0.05, 0.1) is 11.7 Å². The summed E-state index contributed by atoms with van der Waals surface area (Å²) in [6, 6.07) is 8.24. The van der Waals surface area contributed by atoms with Gasteiger partial charge in [-0.25, -0.2) is 0 Å². The Hall–Kier alpha value is -1.07. The van der Waals surface area contributed by atoms with Crippen molar-refractivity contribution >= 4 is 29.3 Å². The Bertz CT molecular complexity index is 436. The summed E-state index contributed by atoms with van der Waals surface area (Å²) in [4.78, 5) is 1.27. The summed E-state index contributed by atoms with van der Waals surface area (Å²) in [6.45, 7) is 2.14. The minimum absolute atomic E-state index is 0.510. The van der Waals surface area contributed by atoms with Crippen LogP contribution in [0.5, 0.6) is 0 Å². The standard InChI is InChI=1S/C10H11N3S2/c1-2-14-8-5-3-7(4-6-8)9-10(11)13-15-12-9/h3-6H,2H2,1H3,(H2,11,13). The molecule has 0 atom stereocenters. The lowest BCUT2D eigenvalue weighted by atomic mass is 10.1. The number of aromatic nitrogens is 2. The smallest absolute Gasteiger partial charge is 0.165 e. The molecule has 0 unspecified atom stereocenters. The minimum atomic E-state index is 0.510. The predicted octanol–water partition coefficient (Wildman–Crippen LogP) is 2.90. The van der Waals surface area contributed by atoms with Crippen molar-refractivity contribution in [2.24, 2.45) is 0 Å². The topological polar surface area (TPSA) is 51.8 Å². The zero-order chi connectivity index (χ0) is 10.7. The van der Waals surface area contributed by atoms with Crippen LogP contribution in [-0.2, 0) is 0 Å². The molecule has 15 heavy (non-hydrogen) atoms. The fourth-order valence-electron chi connectivity index (χ4n) is 1.27. The molecule has 0 saturated carbocycles. The summed E-state index contributed by atoms with van der Waals surface area (Å²) in [5.41, 5.74) is 7.52. The number of nitrogens with zero attached hydrogens (tertiary/aromatic N) is 2. The van der Waals surface area contributed by atoms with Crippen molar-refractivity contribution in [2.75, 3.05) is 11.5 Å². The normalized spacial score (nSPS) is 10.5. The highest BCUT2D eigenvalue weighted by Crippen LogP contribution is 2.26. The number of hydrogen-bond acceptors (Lipinski definition) is 5. The lowest BCUT2D eigenvalue weighted by Crippen LogP contribution is -1.88. The molecule has 0 spiro atoms. The monoisotopic (exact) mass is 237 g/mol. The molecule has 3 nitrogen and oxygen atoms in total. The number of rotatable bonds is 3. The molecule has 0 saturated heterocycles. The van der Waals surface area contributed by atoms with E-state index >= 15 is 0 Å². The largest absolute Gasteiger partial charge is 0.381 e. The van der Waals surface area contributed by atoms with Crippen molar-refractivity contribution in [1.29, 1.82) is 0 Å². The maximum absolute atomic E-state index is 5.70. The second-order valence-electron chi connectivity index (χ2n) is 2.96. The van der Waals surface area contributed by atoms with Crippen molar-refractivity contribution in [3.05, 3.63) is 24.3 Å². The van der Waals surface area contributed by atoms with Crippen LogP contribution in [0, 0.1) is 0 Å². The van der Waals surface area contributed by atoms with E-state index in [0.29, 0.717) is 5.82 Å². The van der Waals surface area contributed by atoms with Gasteiger partial charge in [0.15, 0.2) is 5.82 Å². The Morgan fingerprint density at radius 2 is 2.00 bits per heavy atom. The fourth-order valence-corrected chi connectivity index (χ4v) is 2.43. The number of benzene rings is 1. The first kappa shape index (κ1) is 10.4. The van der Waals surface area contributed by atoms with Crippen LogP contribution in [0.1, 0.15) is 6.92 Å². The van der Waals surface area contributed by atoms with E-state index in [1.807, 2.05) is 23.9 Å². The third-order valence-corrected chi connectivity index (χ3v) is 3.39. The molecule has 0 fully saturated rings. The summed E-state index contributed by atoms with van der Waals surface area (Å²) in [7, 11) is 0. The van der Waals surface area contributed by atoms with E-state index in [9.17, 15) is 0 Å². The Kier molecular flexibility index (Phi) is 3.23. The summed E-state index contributed by atoms with van der Waals surface area (Å²) < 4.78 is 8.12. The van der Waals surface area contributed by atoms with Gasteiger partial charge in [-0.05, 0) is 17.9 Å². The molecule has 78 valence electrons. The zero-order valence-electron chi connectivity index (χ0n) is 8.30. The van der Waals surface area contributed by atoms with E-state index in [-0.39, 0.29) is 0 Å². The van der Waals surface area contributed by atoms with Crippen LogP contribution in [0.15, 0.2) is 29.2 Å². The lowest BCUT2D eigenvalue weighted by molar-refractivity contribution is 1.41. The van der Waals surface area contributed by atoms with Gasteiger partial charge in [0, 0.05) is 10.5 Å². The molecule has 0 amide bonds. The van der Waals surface area contributed by atoms with Gasteiger partial charge in [0.2, 0.25) is 0 Å². The molecule has 2 rings (SSSR count). The Balaban J connectivity index is 2.28. The number of hydrogen-bond donors (Lipinski definition) is 1. The molecule has 0 radical (unpaired) electrons. The van der Waals surface area contributed by atoms with Crippen molar-refractivity contribution < 1.29 is 0 Å². The molecular weight excluding hydrogens is 226 g/mol. The fraction of sp³-hybridized carbons (Fsp3) is 0.200. The van der Waals surface area contributed by atoms with Gasteiger partial charge < -0.3 is 5.73 Å². The lowest BCUT2D eigenvalue weighted by Gasteiger charge is -2.00. The first-order chi connectivity index (χ1) is 7.31. The summed E-state index contributed by atoms with van der Waals surface area (Å²) in [6.07, 6.45) is 0. The minimum Gasteiger partial charge on any atom is -0.381 e. The maximum atomic E-state index is 5.70. The van der Waals surface area contributed by atoms with Gasteiger partial charge in [0.1, 0.15) is 5.69 Å². The first-order valence-electron chi connectivity index (χ1n) is 4.62. The van der Waals surface area contributed by atoms with Gasteiger partial charge in [-0.15, -0.1) is 11.8 Å². The van der Waals surface area contributed by atoms with Crippen molar-refractivity contribution in [1.82, 2.24) is 8.75 Å². The van der Waals surface area contributed by atoms with E-state index in [0.717, 1.165) is 28.7 Å². The van der Waals surface area contributed by atoms with Crippen molar-refractivity contribution in [3.63, 3.8) is 0 Å². The van der Waals surface area contributed by atoms with E-state index in [1.54, 1.807) is 0 Å². The highest BCUT2D eigenvalue weighted by molar-refractivity contribution is 7.99. The Labute approximate surface area is 97.0 Å². The van der Waals surface area contributed by atoms with Crippen LogP contribution in [0.4, 0.5) is 5.82 Å². The number of anilines is 1. The van der Waals surface area contributed by atoms with E-state index < -0.39 is 0 Å². The molecule has 0 aliphatic heterocycles. The third-order valence-electron chi connectivity index (χ3n) is 1.95. The Morgan fingerprint density at radius 1 is 1.27 bits per heavy atom. The number of nitrogen functional groups attached to an aromatic ring is 1. The maximum Gasteiger partial charge on any atom is 0.165 e. The van der Waals surface area contributed by atoms with Gasteiger partial charge in [0.25, 0.3) is 0 Å². The van der Waals surface area contributed by atoms with Crippen LogP contribution in [0.2, 0.25) is 0 Å². The summed E-state index contributed by atoms with van der Waals surface area (Å²) in [5, 5.41) is 0. The van der Waals surface area contributed by atoms with Gasteiger partial charge in [-0.1, -0.05) is 19.1 Å². The quantitative estimate of drug-likeness (QED) is 0.834. The Morgan fingerprint density at radius 3 is 2.53 bits per heavy atom. The van der Waals surface area contributed by atoms with Gasteiger partial charge in [-0.3, -0.25) is 0 Å². The summed E-state index contributed by atoms with van der Waals surface area (Å²) in [5.74, 6) is 1.59.